The zero-order valence-electron chi connectivity index (χ0n) is 6.80. The summed E-state index contributed by atoms with van der Waals surface area (Å²) in [6, 6.07) is 2.42. The van der Waals surface area contributed by atoms with Crippen molar-refractivity contribution in [3.05, 3.63) is 28.0 Å². The molecule has 0 aliphatic carbocycles. The summed E-state index contributed by atoms with van der Waals surface area (Å²) >= 11 is 3.01. The third-order valence-corrected chi connectivity index (χ3v) is 2.39. The lowest BCUT2D eigenvalue weighted by atomic mass is 10.2. The van der Waals surface area contributed by atoms with Crippen molar-refractivity contribution < 1.29 is 13.9 Å². The van der Waals surface area contributed by atoms with Crippen LogP contribution in [0.25, 0.3) is 0 Å². The molecule has 5 heteroatoms. The van der Waals surface area contributed by atoms with Gasteiger partial charge in [-0.1, -0.05) is 0 Å². The Morgan fingerprint density at radius 2 is 2.23 bits per heavy atom. The Morgan fingerprint density at radius 1 is 1.62 bits per heavy atom. The predicted octanol–water partition coefficient (Wildman–Crippen LogP) is 1.96. The Balaban J connectivity index is 3.26. The minimum Gasteiger partial charge on any atom is -0.465 e. The first-order chi connectivity index (χ1) is 6.07. The first kappa shape index (κ1) is 9.98. The molecule has 2 N–H and O–H groups in total. The zero-order chi connectivity index (χ0) is 10.0. The van der Waals surface area contributed by atoms with Gasteiger partial charge in [-0.2, -0.15) is 0 Å². The van der Waals surface area contributed by atoms with Crippen molar-refractivity contribution in [2.45, 2.75) is 0 Å². The van der Waals surface area contributed by atoms with Crippen molar-refractivity contribution in [3.63, 3.8) is 0 Å². The van der Waals surface area contributed by atoms with E-state index in [0.717, 1.165) is 6.07 Å². The van der Waals surface area contributed by atoms with Crippen molar-refractivity contribution in [1.82, 2.24) is 0 Å². The van der Waals surface area contributed by atoms with Crippen LogP contribution in [0.3, 0.4) is 0 Å². The van der Waals surface area contributed by atoms with Crippen molar-refractivity contribution in [2.75, 3.05) is 12.8 Å². The minimum atomic E-state index is -0.570. The summed E-state index contributed by atoms with van der Waals surface area (Å²) in [7, 11) is 1.24. The van der Waals surface area contributed by atoms with Crippen LogP contribution in [0.15, 0.2) is 16.6 Å². The van der Waals surface area contributed by atoms with Gasteiger partial charge in [0.15, 0.2) is 0 Å². The van der Waals surface area contributed by atoms with Gasteiger partial charge in [-0.25, -0.2) is 9.18 Å². The first-order valence-corrected chi connectivity index (χ1v) is 4.19. The molecular weight excluding hydrogens is 241 g/mol. The highest BCUT2D eigenvalue weighted by molar-refractivity contribution is 9.10. The van der Waals surface area contributed by atoms with E-state index in [1.165, 1.54) is 13.2 Å². The standard InChI is InChI=1S/C8H7BrFNO2/c1-13-8(12)4-2-3-5(10)7(11)6(4)9/h2-3H,11H2,1H3. The number of rotatable bonds is 1. The molecular formula is C8H7BrFNO2. The topological polar surface area (TPSA) is 52.3 Å². The molecule has 0 fully saturated rings. The Morgan fingerprint density at radius 3 is 2.77 bits per heavy atom. The van der Waals surface area contributed by atoms with Gasteiger partial charge in [0.1, 0.15) is 5.82 Å². The molecule has 0 radical (unpaired) electrons. The number of nitrogen functional groups attached to an aromatic ring is 1. The van der Waals surface area contributed by atoms with Gasteiger partial charge in [-0.3, -0.25) is 0 Å². The molecule has 0 spiro atoms. The van der Waals surface area contributed by atoms with Crippen molar-refractivity contribution in [3.8, 4) is 0 Å². The van der Waals surface area contributed by atoms with Crippen LogP contribution in [0.5, 0.6) is 0 Å². The van der Waals surface area contributed by atoms with E-state index >= 15 is 0 Å². The van der Waals surface area contributed by atoms with Gasteiger partial charge in [-0.05, 0) is 28.1 Å². The molecule has 0 amide bonds. The lowest BCUT2D eigenvalue weighted by Gasteiger charge is -2.05. The number of carbonyl (C=O) groups excluding carboxylic acids is 1. The van der Waals surface area contributed by atoms with E-state index < -0.39 is 11.8 Å². The average molecular weight is 248 g/mol. The Labute approximate surface area is 82.8 Å². The molecule has 0 heterocycles. The number of esters is 1. The average Bonchev–Trinajstić information content (AvgIpc) is 2.13. The summed E-state index contributed by atoms with van der Waals surface area (Å²) in [5.41, 5.74) is 5.46. The monoisotopic (exact) mass is 247 g/mol. The number of hydrogen-bond donors (Lipinski definition) is 1. The summed E-state index contributed by atoms with van der Waals surface area (Å²) < 4.78 is 17.5. The second-order valence-electron chi connectivity index (χ2n) is 2.31. The van der Waals surface area contributed by atoms with Gasteiger partial charge >= 0.3 is 5.97 Å². The third-order valence-electron chi connectivity index (χ3n) is 1.53. The lowest BCUT2D eigenvalue weighted by molar-refractivity contribution is 0.0599. The summed E-state index contributed by atoms with van der Waals surface area (Å²) in [4.78, 5) is 11.1. The quantitative estimate of drug-likeness (QED) is 0.610. The van der Waals surface area contributed by atoms with Crippen LogP contribution in [0.4, 0.5) is 10.1 Å². The summed E-state index contributed by atoms with van der Waals surface area (Å²) in [6.07, 6.45) is 0. The highest BCUT2D eigenvalue weighted by Crippen LogP contribution is 2.26. The van der Waals surface area contributed by atoms with Crippen LogP contribution in [-0.4, -0.2) is 13.1 Å². The van der Waals surface area contributed by atoms with E-state index in [4.69, 9.17) is 5.73 Å². The highest BCUT2D eigenvalue weighted by atomic mass is 79.9. The second kappa shape index (κ2) is 3.74. The van der Waals surface area contributed by atoms with E-state index in [1.807, 2.05) is 0 Å². The number of carbonyl (C=O) groups is 1. The maximum absolute atomic E-state index is 12.8. The molecule has 0 saturated carbocycles. The number of benzene rings is 1. The molecule has 0 unspecified atom stereocenters. The smallest absolute Gasteiger partial charge is 0.339 e. The number of halogens is 2. The first-order valence-electron chi connectivity index (χ1n) is 3.39. The predicted molar refractivity (Wildman–Crippen MR) is 49.9 cm³/mol. The normalized spacial score (nSPS) is 9.77. The van der Waals surface area contributed by atoms with Gasteiger partial charge in [-0.15, -0.1) is 0 Å². The Kier molecular flexibility index (Phi) is 2.87. The van der Waals surface area contributed by atoms with E-state index in [9.17, 15) is 9.18 Å². The van der Waals surface area contributed by atoms with Gasteiger partial charge in [0.2, 0.25) is 0 Å². The molecule has 1 aromatic carbocycles. The Hall–Kier alpha value is -1.10. The molecule has 1 aromatic rings. The SMILES string of the molecule is COC(=O)c1ccc(F)c(N)c1Br. The second-order valence-corrected chi connectivity index (χ2v) is 3.11. The van der Waals surface area contributed by atoms with E-state index in [2.05, 4.69) is 20.7 Å². The van der Waals surface area contributed by atoms with Gasteiger partial charge in [0, 0.05) is 0 Å². The van der Waals surface area contributed by atoms with E-state index in [-0.39, 0.29) is 15.7 Å². The van der Waals surface area contributed by atoms with Crippen molar-refractivity contribution in [2.24, 2.45) is 0 Å². The van der Waals surface area contributed by atoms with Crippen LogP contribution in [0.2, 0.25) is 0 Å². The third kappa shape index (κ3) is 1.80. The molecule has 0 aromatic heterocycles. The van der Waals surface area contributed by atoms with Crippen LogP contribution >= 0.6 is 15.9 Å². The number of nitrogens with two attached hydrogens (primary N) is 1. The molecule has 1 rings (SSSR count). The molecule has 70 valence electrons. The number of methoxy groups -OCH3 is 1. The van der Waals surface area contributed by atoms with Crippen LogP contribution in [0.1, 0.15) is 10.4 Å². The Bertz CT molecular complexity index is 354. The largest absolute Gasteiger partial charge is 0.465 e. The van der Waals surface area contributed by atoms with Gasteiger partial charge in [0.05, 0.1) is 22.8 Å². The highest BCUT2D eigenvalue weighted by Gasteiger charge is 2.14. The van der Waals surface area contributed by atoms with Crippen LogP contribution in [0, 0.1) is 5.82 Å². The maximum Gasteiger partial charge on any atom is 0.339 e. The van der Waals surface area contributed by atoms with Crippen molar-refractivity contribution >= 4 is 27.6 Å². The molecule has 0 aliphatic heterocycles. The molecule has 0 bridgehead atoms. The number of anilines is 1. The fourth-order valence-corrected chi connectivity index (χ4v) is 1.32. The molecule has 0 atom stereocenters. The molecule has 0 aliphatic rings. The van der Waals surface area contributed by atoms with E-state index in [0.29, 0.717) is 0 Å². The fourth-order valence-electron chi connectivity index (χ4n) is 0.837. The van der Waals surface area contributed by atoms with Gasteiger partial charge in [0.25, 0.3) is 0 Å². The van der Waals surface area contributed by atoms with Crippen LogP contribution < -0.4 is 5.73 Å². The molecule has 3 nitrogen and oxygen atoms in total. The maximum atomic E-state index is 12.8. The molecule has 0 saturated heterocycles. The van der Waals surface area contributed by atoms with Gasteiger partial charge < -0.3 is 10.5 Å². The fraction of sp³-hybridized carbons (Fsp3) is 0.125. The van der Waals surface area contributed by atoms with Crippen LogP contribution in [-0.2, 0) is 4.74 Å². The summed E-state index contributed by atoms with van der Waals surface area (Å²) in [5.74, 6) is -1.13. The summed E-state index contributed by atoms with van der Waals surface area (Å²) in [5, 5.41) is 0. The number of hydrogen-bond acceptors (Lipinski definition) is 3. The minimum absolute atomic E-state index is 0.0945. The number of ether oxygens (including phenoxy) is 1. The summed E-state index contributed by atoms with van der Waals surface area (Å²) in [6.45, 7) is 0. The van der Waals surface area contributed by atoms with Crippen molar-refractivity contribution in [1.29, 1.82) is 0 Å². The zero-order valence-corrected chi connectivity index (χ0v) is 8.39. The molecule has 13 heavy (non-hydrogen) atoms. The lowest BCUT2D eigenvalue weighted by Crippen LogP contribution is -2.05. The van der Waals surface area contributed by atoms with E-state index in [1.54, 1.807) is 0 Å².